The fourth-order valence-corrected chi connectivity index (χ4v) is 2.49. The second-order valence-corrected chi connectivity index (χ2v) is 5.52. The lowest BCUT2D eigenvalue weighted by Gasteiger charge is -2.08. The highest BCUT2D eigenvalue weighted by Crippen LogP contribution is 2.18. The molecule has 0 unspecified atom stereocenters. The third-order valence-corrected chi connectivity index (χ3v) is 3.63. The summed E-state index contributed by atoms with van der Waals surface area (Å²) < 4.78 is 3.83. The Labute approximate surface area is 116 Å². The smallest absolute Gasteiger partial charge is 0.209 e. The molecule has 0 aliphatic carbocycles. The molecule has 0 saturated carbocycles. The summed E-state index contributed by atoms with van der Waals surface area (Å²) in [6.07, 6.45) is 3.66. The first-order valence-corrected chi connectivity index (χ1v) is 7.23. The summed E-state index contributed by atoms with van der Waals surface area (Å²) in [6, 6.07) is 0.474. The molecule has 2 aromatic rings. The van der Waals surface area contributed by atoms with Crippen molar-refractivity contribution >= 4 is 11.8 Å². The molecule has 0 radical (unpaired) electrons. The second-order valence-electron chi connectivity index (χ2n) is 4.58. The summed E-state index contributed by atoms with van der Waals surface area (Å²) >= 11 is 1.62. The quantitative estimate of drug-likeness (QED) is 0.753. The number of aryl methyl sites for hydroxylation is 1. The predicted molar refractivity (Wildman–Crippen MR) is 73.7 cm³/mol. The molecular formula is C11H19N7S. The zero-order chi connectivity index (χ0) is 13.7. The SMILES string of the molecule is CC(C)NCCn1nnnc1SCc1cncn1C. The third kappa shape index (κ3) is 4.03. The van der Waals surface area contributed by atoms with Crippen LogP contribution in [0.5, 0.6) is 0 Å². The fourth-order valence-electron chi connectivity index (χ4n) is 1.56. The fraction of sp³-hybridized carbons (Fsp3) is 0.636. The molecule has 8 heteroatoms. The summed E-state index contributed by atoms with van der Waals surface area (Å²) in [7, 11) is 1.98. The Balaban J connectivity index is 1.87. The van der Waals surface area contributed by atoms with E-state index in [-0.39, 0.29) is 0 Å². The van der Waals surface area contributed by atoms with Crippen molar-refractivity contribution in [2.24, 2.45) is 7.05 Å². The van der Waals surface area contributed by atoms with Gasteiger partial charge in [0.1, 0.15) is 0 Å². The first-order chi connectivity index (χ1) is 9.16. The van der Waals surface area contributed by atoms with Crippen molar-refractivity contribution in [3.05, 3.63) is 18.2 Å². The molecule has 0 atom stereocenters. The van der Waals surface area contributed by atoms with Gasteiger partial charge in [0.2, 0.25) is 5.16 Å². The predicted octanol–water partition coefficient (Wildman–Crippen LogP) is 0.697. The van der Waals surface area contributed by atoms with Gasteiger partial charge in [0.05, 0.1) is 12.9 Å². The van der Waals surface area contributed by atoms with E-state index in [2.05, 4.69) is 39.7 Å². The highest BCUT2D eigenvalue weighted by Gasteiger charge is 2.08. The molecule has 0 fully saturated rings. The van der Waals surface area contributed by atoms with Crippen molar-refractivity contribution in [2.75, 3.05) is 6.54 Å². The van der Waals surface area contributed by atoms with Crippen molar-refractivity contribution in [1.82, 2.24) is 35.1 Å². The minimum absolute atomic E-state index is 0.474. The second kappa shape index (κ2) is 6.67. The number of nitrogens with one attached hydrogen (secondary N) is 1. The van der Waals surface area contributed by atoms with Crippen LogP contribution in [-0.4, -0.2) is 42.3 Å². The zero-order valence-electron chi connectivity index (χ0n) is 11.4. The van der Waals surface area contributed by atoms with Crippen molar-refractivity contribution in [1.29, 1.82) is 0 Å². The first-order valence-electron chi connectivity index (χ1n) is 6.24. The normalized spacial score (nSPS) is 11.4. The molecule has 7 nitrogen and oxygen atoms in total. The number of thioether (sulfide) groups is 1. The van der Waals surface area contributed by atoms with Gasteiger partial charge in [0, 0.05) is 37.3 Å². The number of nitrogens with zero attached hydrogens (tertiary/aromatic N) is 6. The Morgan fingerprint density at radius 2 is 2.26 bits per heavy atom. The summed E-state index contributed by atoms with van der Waals surface area (Å²) in [5, 5.41) is 16.0. The molecular weight excluding hydrogens is 262 g/mol. The standard InChI is InChI=1S/C11H19N7S/c1-9(2)13-4-5-18-11(14-15-16-18)19-7-10-6-12-8-17(10)3/h6,8-9,13H,4-5,7H2,1-3H3. The van der Waals surface area contributed by atoms with Crippen molar-refractivity contribution in [2.45, 2.75) is 37.3 Å². The van der Waals surface area contributed by atoms with E-state index < -0.39 is 0 Å². The van der Waals surface area contributed by atoms with Crippen LogP contribution in [-0.2, 0) is 19.3 Å². The third-order valence-electron chi connectivity index (χ3n) is 2.64. The van der Waals surface area contributed by atoms with Crippen LogP contribution in [0, 0.1) is 0 Å². The van der Waals surface area contributed by atoms with Crippen molar-refractivity contribution in [3.63, 3.8) is 0 Å². The van der Waals surface area contributed by atoms with E-state index in [1.54, 1.807) is 18.1 Å². The van der Waals surface area contributed by atoms with Gasteiger partial charge in [-0.1, -0.05) is 25.6 Å². The van der Waals surface area contributed by atoms with Gasteiger partial charge < -0.3 is 9.88 Å². The largest absolute Gasteiger partial charge is 0.337 e. The zero-order valence-corrected chi connectivity index (χ0v) is 12.3. The molecule has 1 N–H and O–H groups in total. The molecule has 2 aromatic heterocycles. The number of imidazole rings is 1. The monoisotopic (exact) mass is 281 g/mol. The van der Waals surface area contributed by atoms with Crippen LogP contribution in [0.25, 0.3) is 0 Å². The Bertz CT molecular complexity index is 505. The first kappa shape index (κ1) is 14.0. The maximum Gasteiger partial charge on any atom is 0.209 e. The van der Waals surface area contributed by atoms with Gasteiger partial charge in [0.25, 0.3) is 0 Å². The van der Waals surface area contributed by atoms with Crippen LogP contribution in [0.15, 0.2) is 17.7 Å². The summed E-state index contributed by atoms with van der Waals surface area (Å²) in [5.41, 5.74) is 1.15. The van der Waals surface area contributed by atoms with Gasteiger partial charge in [-0.3, -0.25) is 0 Å². The van der Waals surface area contributed by atoms with Gasteiger partial charge in [-0.05, 0) is 10.4 Å². The van der Waals surface area contributed by atoms with Gasteiger partial charge in [-0.25, -0.2) is 9.67 Å². The molecule has 0 saturated heterocycles. The van der Waals surface area contributed by atoms with Crippen molar-refractivity contribution < 1.29 is 0 Å². The van der Waals surface area contributed by atoms with Gasteiger partial charge in [0.15, 0.2) is 0 Å². The number of hydrogen-bond acceptors (Lipinski definition) is 6. The van der Waals surface area contributed by atoms with E-state index in [9.17, 15) is 0 Å². The van der Waals surface area contributed by atoms with Crippen LogP contribution >= 0.6 is 11.8 Å². The van der Waals surface area contributed by atoms with Gasteiger partial charge in [-0.15, -0.1) is 5.10 Å². The number of aromatic nitrogens is 6. The molecule has 0 bridgehead atoms. The molecule has 104 valence electrons. The average Bonchev–Trinajstić information content (AvgIpc) is 2.95. The van der Waals surface area contributed by atoms with Crippen LogP contribution in [0.2, 0.25) is 0 Å². The highest BCUT2D eigenvalue weighted by atomic mass is 32.2. The van der Waals surface area contributed by atoms with E-state index in [0.29, 0.717) is 6.04 Å². The number of rotatable bonds is 7. The summed E-state index contributed by atoms with van der Waals surface area (Å²) in [6.45, 7) is 5.89. The van der Waals surface area contributed by atoms with Crippen LogP contribution < -0.4 is 5.32 Å². The molecule has 0 aliphatic rings. The molecule has 2 rings (SSSR count). The lowest BCUT2D eigenvalue weighted by molar-refractivity contribution is 0.485. The van der Waals surface area contributed by atoms with E-state index >= 15 is 0 Å². The summed E-state index contributed by atoms with van der Waals surface area (Å²) in [5.74, 6) is 0.814. The molecule has 0 aromatic carbocycles. The minimum atomic E-state index is 0.474. The molecule has 0 amide bonds. The van der Waals surface area contributed by atoms with Gasteiger partial charge >= 0.3 is 0 Å². The van der Waals surface area contributed by atoms with E-state index in [0.717, 1.165) is 29.7 Å². The molecule has 2 heterocycles. The van der Waals surface area contributed by atoms with Crippen LogP contribution in [0.4, 0.5) is 0 Å². The van der Waals surface area contributed by atoms with E-state index in [4.69, 9.17) is 0 Å². The lowest BCUT2D eigenvalue weighted by Crippen LogP contribution is -2.27. The Kier molecular flexibility index (Phi) is 4.92. The lowest BCUT2D eigenvalue weighted by atomic mass is 10.4. The average molecular weight is 281 g/mol. The van der Waals surface area contributed by atoms with Crippen molar-refractivity contribution in [3.8, 4) is 0 Å². The molecule has 0 spiro atoms. The molecule has 19 heavy (non-hydrogen) atoms. The number of tetrazole rings is 1. The maximum atomic E-state index is 4.09. The number of hydrogen-bond donors (Lipinski definition) is 1. The minimum Gasteiger partial charge on any atom is -0.337 e. The van der Waals surface area contributed by atoms with Crippen LogP contribution in [0.1, 0.15) is 19.5 Å². The van der Waals surface area contributed by atoms with E-state index in [1.807, 2.05) is 22.5 Å². The van der Waals surface area contributed by atoms with E-state index in [1.165, 1.54) is 0 Å². The van der Waals surface area contributed by atoms with Crippen LogP contribution in [0.3, 0.4) is 0 Å². The Morgan fingerprint density at radius 1 is 1.42 bits per heavy atom. The Hall–Kier alpha value is -1.41. The maximum absolute atomic E-state index is 4.09. The summed E-state index contributed by atoms with van der Waals surface area (Å²) in [4.78, 5) is 4.09. The Morgan fingerprint density at radius 3 is 2.95 bits per heavy atom. The molecule has 0 aliphatic heterocycles. The van der Waals surface area contributed by atoms with Gasteiger partial charge in [-0.2, -0.15) is 0 Å². The topological polar surface area (TPSA) is 73.5 Å². The highest BCUT2D eigenvalue weighted by molar-refractivity contribution is 7.98.